The van der Waals surface area contributed by atoms with Gasteiger partial charge in [-0.1, -0.05) is 29.3 Å². The van der Waals surface area contributed by atoms with Gasteiger partial charge in [-0.2, -0.15) is 13.2 Å². The van der Waals surface area contributed by atoms with E-state index in [1.165, 1.54) is 13.2 Å². The van der Waals surface area contributed by atoms with Gasteiger partial charge >= 0.3 is 6.18 Å². The van der Waals surface area contributed by atoms with Gasteiger partial charge in [-0.15, -0.1) is 0 Å². The Morgan fingerprint density at radius 3 is 2.57 bits per heavy atom. The van der Waals surface area contributed by atoms with Crippen LogP contribution in [0.25, 0.3) is 0 Å². The maximum Gasteiger partial charge on any atom is 0.417 e. The van der Waals surface area contributed by atoms with Gasteiger partial charge in [0.1, 0.15) is 5.75 Å². The van der Waals surface area contributed by atoms with Crippen LogP contribution in [-0.2, 0) is 6.18 Å². The van der Waals surface area contributed by atoms with E-state index in [0.717, 1.165) is 37.7 Å². The topological polar surface area (TPSA) is 24.5 Å². The molecule has 2 aromatic rings. The van der Waals surface area contributed by atoms with Gasteiger partial charge in [0.25, 0.3) is 0 Å². The first-order valence-corrected chi connectivity index (χ1v) is 9.71. The first kappa shape index (κ1) is 21.2. The monoisotopic (exact) mass is 432 g/mol. The van der Waals surface area contributed by atoms with Crippen LogP contribution in [0.5, 0.6) is 5.75 Å². The van der Waals surface area contributed by atoms with E-state index in [0.29, 0.717) is 22.9 Å². The summed E-state index contributed by atoms with van der Waals surface area (Å²) < 4.78 is 45.9. The van der Waals surface area contributed by atoms with Gasteiger partial charge < -0.3 is 10.1 Å². The molecule has 3 nitrogen and oxygen atoms in total. The molecule has 28 heavy (non-hydrogen) atoms. The van der Waals surface area contributed by atoms with Crippen molar-refractivity contribution in [2.75, 3.05) is 33.3 Å². The predicted octanol–water partition coefficient (Wildman–Crippen LogP) is 5.41. The lowest BCUT2D eigenvalue weighted by atomic mass is 9.94. The fraction of sp³-hybridized carbons (Fsp3) is 0.400. The van der Waals surface area contributed by atoms with Gasteiger partial charge in [0.2, 0.25) is 0 Å². The van der Waals surface area contributed by atoms with Crippen molar-refractivity contribution in [3.05, 3.63) is 63.1 Å². The zero-order valence-corrected chi connectivity index (χ0v) is 16.8. The summed E-state index contributed by atoms with van der Waals surface area (Å²) in [5, 5.41) is 3.50. The molecule has 1 aliphatic heterocycles. The Balaban J connectivity index is 2.16. The molecule has 0 aliphatic carbocycles. The molecule has 8 heteroatoms. The third-order valence-electron chi connectivity index (χ3n) is 4.84. The molecule has 0 bridgehead atoms. The molecule has 1 aliphatic rings. The summed E-state index contributed by atoms with van der Waals surface area (Å²) in [6.45, 7) is 3.03. The summed E-state index contributed by atoms with van der Waals surface area (Å²) >= 11 is 12.1. The number of rotatable bonds is 4. The Kier molecular flexibility index (Phi) is 6.76. The zero-order chi connectivity index (χ0) is 20.3. The van der Waals surface area contributed by atoms with E-state index in [1.54, 1.807) is 24.3 Å². The Labute approximate surface area is 172 Å². The minimum atomic E-state index is -4.53. The fourth-order valence-electron chi connectivity index (χ4n) is 3.56. The van der Waals surface area contributed by atoms with Crippen molar-refractivity contribution in [2.24, 2.45) is 0 Å². The number of hydrogen-bond acceptors (Lipinski definition) is 3. The minimum absolute atomic E-state index is 0.314. The summed E-state index contributed by atoms with van der Waals surface area (Å²) in [7, 11) is 1.54. The van der Waals surface area contributed by atoms with Gasteiger partial charge in [-0.3, -0.25) is 4.90 Å². The van der Waals surface area contributed by atoms with Gasteiger partial charge in [0.05, 0.1) is 23.7 Å². The van der Waals surface area contributed by atoms with Crippen LogP contribution in [0.15, 0.2) is 36.4 Å². The SMILES string of the molecule is COc1ccc(Cl)cc1C(c1ccc(Cl)c(C(F)(F)F)c1)N1CCCNCC1. The Morgan fingerprint density at radius 2 is 1.86 bits per heavy atom. The Bertz CT molecular complexity index is 822. The van der Waals surface area contributed by atoms with Crippen molar-refractivity contribution in [1.29, 1.82) is 0 Å². The maximum absolute atomic E-state index is 13.5. The first-order valence-electron chi connectivity index (χ1n) is 8.96. The van der Waals surface area contributed by atoms with E-state index >= 15 is 0 Å². The Hall–Kier alpha value is -1.47. The van der Waals surface area contributed by atoms with Gasteiger partial charge in [0.15, 0.2) is 0 Å². The fourth-order valence-corrected chi connectivity index (χ4v) is 3.97. The molecule has 0 saturated carbocycles. The van der Waals surface area contributed by atoms with Crippen LogP contribution >= 0.6 is 23.2 Å². The molecular weight excluding hydrogens is 412 g/mol. The van der Waals surface area contributed by atoms with E-state index < -0.39 is 17.8 Å². The van der Waals surface area contributed by atoms with Crippen molar-refractivity contribution in [2.45, 2.75) is 18.6 Å². The highest BCUT2D eigenvalue weighted by Crippen LogP contribution is 2.41. The number of halogens is 5. The minimum Gasteiger partial charge on any atom is -0.496 e. The highest BCUT2D eigenvalue weighted by atomic mass is 35.5. The average Bonchev–Trinajstić information content (AvgIpc) is 2.92. The van der Waals surface area contributed by atoms with Crippen LogP contribution in [0.1, 0.15) is 29.2 Å². The number of nitrogens with zero attached hydrogens (tertiary/aromatic N) is 1. The summed E-state index contributed by atoms with van der Waals surface area (Å²) in [5.41, 5.74) is 0.386. The van der Waals surface area contributed by atoms with E-state index in [1.807, 2.05) is 0 Å². The first-order chi connectivity index (χ1) is 13.3. The van der Waals surface area contributed by atoms with E-state index in [4.69, 9.17) is 27.9 Å². The standard InChI is InChI=1S/C20H21Cl2F3N2O/c1-28-18-6-4-14(21)12-15(18)19(27-9-2-7-26-8-10-27)13-3-5-17(22)16(11-13)20(23,24)25/h3-6,11-12,19,26H,2,7-10H2,1H3. The van der Waals surface area contributed by atoms with Crippen molar-refractivity contribution in [3.8, 4) is 5.75 Å². The molecular formula is C20H21Cl2F3N2O. The van der Waals surface area contributed by atoms with Crippen molar-refractivity contribution in [1.82, 2.24) is 10.2 Å². The number of methoxy groups -OCH3 is 1. The second-order valence-electron chi connectivity index (χ2n) is 6.67. The average molecular weight is 433 g/mol. The molecule has 3 rings (SSSR count). The molecule has 1 heterocycles. The molecule has 1 fully saturated rings. The maximum atomic E-state index is 13.5. The molecule has 0 aromatic heterocycles. The summed E-state index contributed by atoms with van der Waals surface area (Å²) in [6.07, 6.45) is -3.64. The molecule has 152 valence electrons. The molecule has 0 radical (unpaired) electrons. The molecule has 2 aromatic carbocycles. The molecule has 1 unspecified atom stereocenters. The summed E-state index contributed by atoms with van der Waals surface area (Å²) in [5.74, 6) is 0.579. The van der Waals surface area contributed by atoms with E-state index in [9.17, 15) is 13.2 Å². The Morgan fingerprint density at radius 1 is 1.07 bits per heavy atom. The smallest absolute Gasteiger partial charge is 0.417 e. The number of ether oxygens (including phenoxy) is 1. The van der Waals surface area contributed by atoms with Crippen LogP contribution in [-0.4, -0.2) is 38.2 Å². The number of alkyl halides is 3. The van der Waals surface area contributed by atoms with Gasteiger partial charge in [-0.25, -0.2) is 0 Å². The highest BCUT2D eigenvalue weighted by molar-refractivity contribution is 6.31. The summed E-state index contributed by atoms with van der Waals surface area (Å²) in [4.78, 5) is 2.15. The van der Waals surface area contributed by atoms with E-state index in [-0.39, 0.29) is 5.02 Å². The second-order valence-corrected chi connectivity index (χ2v) is 7.51. The number of nitrogens with one attached hydrogen (secondary N) is 1. The zero-order valence-electron chi connectivity index (χ0n) is 15.3. The normalized spacial score (nSPS) is 17.2. The molecule has 1 saturated heterocycles. The lowest BCUT2D eigenvalue weighted by Crippen LogP contribution is -2.33. The van der Waals surface area contributed by atoms with Crippen molar-refractivity contribution >= 4 is 23.2 Å². The van der Waals surface area contributed by atoms with Gasteiger partial charge in [-0.05, 0) is 48.9 Å². The van der Waals surface area contributed by atoms with Crippen molar-refractivity contribution in [3.63, 3.8) is 0 Å². The third kappa shape index (κ3) is 4.74. The molecule has 0 spiro atoms. The van der Waals surface area contributed by atoms with E-state index in [2.05, 4.69) is 10.2 Å². The molecule has 1 atom stereocenters. The highest BCUT2D eigenvalue weighted by Gasteiger charge is 2.35. The number of benzene rings is 2. The lowest BCUT2D eigenvalue weighted by molar-refractivity contribution is -0.137. The van der Waals surface area contributed by atoms with Crippen LogP contribution in [0, 0.1) is 0 Å². The van der Waals surface area contributed by atoms with Crippen LogP contribution in [0.3, 0.4) is 0 Å². The van der Waals surface area contributed by atoms with Crippen molar-refractivity contribution < 1.29 is 17.9 Å². The largest absolute Gasteiger partial charge is 0.496 e. The molecule has 0 amide bonds. The van der Waals surface area contributed by atoms with Crippen LogP contribution in [0.4, 0.5) is 13.2 Å². The lowest BCUT2D eigenvalue weighted by Gasteiger charge is -2.32. The summed E-state index contributed by atoms with van der Waals surface area (Å²) in [6, 6.07) is 8.83. The van der Waals surface area contributed by atoms with Gasteiger partial charge in [0, 0.05) is 30.2 Å². The third-order valence-corrected chi connectivity index (χ3v) is 5.40. The molecule has 1 N–H and O–H groups in total. The quantitative estimate of drug-likeness (QED) is 0.699. The number of hydrogen-bond donors (Lipinski definition) is 1. The predicted molar refractivity (Wildman–Crippen MR) is 105 cm³/mol. The van der Waals surface area contributed by atoms with Crippen LogP contribution < -0.4 is 10.1 Å². The van der Waals surface area contributed by atoms with Crippen LogP contribution in [0.2, 0.25) is 10.0 Å². The second kappa shape index (κ2) is 8.91.